The predicted molar refractivity (Wildman–Crippen MR) is 91.0 cm³/mol. The van der Waals surface area contributed by atoms with E-state index in [0.29, 0.717) is 5.69 Å². The molecule has 5 nitrogen and oxygen atoms in total. The highest BCUT2D eigenvalue weighted by Gasteiger charge is 2.31. The third kappa shape index (κ3) is 4.45. The maximum Gasteiger partial charge on any atom is 0.573 e. The fraction of sp³-hybridized carbons (Fsp3) is 0.278. The van der Waals surface area contributed by atoms with Crippen LogP contribution in [0.5, 0.6) is 5.75 Å². The highest BCUT2D eigenvalue weighted by molar-refractivity contribution is 5.48. The number of alkyl halides is 3. The van der Waals surface area contributed by atoms with Crippen LogP contribution < -0.4 is 10.1 Å². The average Bonchev–Trinajstić information content (AvgIpc) is 2.89. The number of anilines is 1. The van der Waals surface area contributed by atoms with Crippen molar-refractivity contribution in [2.75, 3.05) is 5.32 Å². The number of aromatic nitrogens is 2. The number of nitrogens with zero attached hydrogens (tertiary/aromatic N) is 2. The molecule has 0 bridgehead atoms. The molecule has 1 aromatic carbocycles. The molecular formula is C18H18F3N3O2. The highest BCUT2D eigenvalue weighted by atomic mass is 19.4. The summed E-state index contributed by atoms with van der Waals surface area (Å²) in [6.45, 7) is 3.48. The summed E-state index contributed by atoms with van der Waals surface area (Å²) in [5, 5.41) is 13.6. The minimum atomic E-state index is -4.73. The summed E-state index contributed by atoms with van der Waals surface area (Å²) in [6.07, 6.45) is -2.59. The minimum Gasteiger partial charge on any atom is -0.406 e. The van der Waals surface area contributed by atoms with Crippen molar-refractivity contribution in [2.24, 2.45) is 0 Å². The first kappa shape index (κ1) is 18.1. The molecule has 1 unspecified atom stereocenters. The molecule has 0 saturated heterocycles. The van der Waals surface area contributed by atoms with Gasteiger partial charge in [-0.2, -0.15) is 0 Å². The number of imidazole rings is 1. The van der Waals surface area contributed by atoms with Gasteiger partial charge in [-0.3, -0.25) is 0 Å². The first-order chi connectivity index (χ1) is 12.1. The molecule has 0 amide bonds. The van der Waals surface area contributed by atoms with Crippen LogP contribution in [0.1, 0.15) is 18.3 Å². The lowest BCUT2D eigenvalue weighted by Crippen LogP contribution is -2.37. The lowest BCUT2D eigenvalue weighted by atomic mass is 10.1. The summed E-state index contributed by atoms with van der Waals surface area (Å²) in [7, 11) is 0. The van der Waals surface area contributed by atoms with E-state index in [9.17, 15) is 18.3 Å². The molecule has 8 heteroatoms. The molecule has 0 spiro atoms. The summed E-state index contributed by atoms with van der Waals surface area (Å²) in [4.78, 5) is 4.38. The van der Waals surface area contributed by atoms with E-state index in [2.05, 4.69) is 15.0 Å². The molecule has 3 rings (SSSR count). The topological polar surface area (TPSA) is 58.8 Å². The van der Waals surface area contributed by atoms with Gasteiger partial charge in [-0.05, 0) is 50.2 Å². The Hall–Kier alpha value is -2.74. The Morgan fingerprint density at radius 1 is 1.15 bits per heavy atom. The fourth-order valence-electron chi connectivity index (χ4n) is 2.78. The Balaban J connectivity index is 1.74. The van der Waals surface area contributed by atoms with Crippen molar-refractivity contribution in [3.8, 4) is 5.75 Å². The zero-order chi connectivity index (χ0) is 18.9. The molecule has 1 atom stereocenters. The van der Waals surface area contributed by atoms with E-state index in [1.807, 2.05) is 35.7 Å². The lowest BCUT2D eigenvalue weighted by molar-refractivity contribution is -0.274. The van der Waals surface area contributed by atoms with E-state index in [1.54, 1.807) is 6.92 Å². The van der Waals surface area contributed by atoms with Gasteiger partial charge in [-0.15, -0.1) is 13.2 Å². The van der Waals surface area contributed by atoms with Crippen LogP contribution in [0.3, 0.4) is 0 Å². The minimum absolute atomic E-state index is 0.265. The predicted octanol–water partition coefficient (Wildman–Crippen LogP) is 3.90. The van der Waals surface area contributed by atoms with Gasteiger partial charge in [-0.25, -0.2) is 4.98 Å². The van der Waals surface area contributed by atoms with E-state index in [0.717, 1.165) is 17.0 Å². The number of fused-ring (bicyclic) bond motifs is 1. The van der Waals surface area contributed by atoms with E-state index < -0.39 is 12.1 Å². The van der Waals surface area contributed by atoms with Crippen LogP contribution in [0.25, 0.3) is 5.65 Å². The van der Waals surface area contributed by atoms with Gasteiger partial charge in [-0.1, -0.05) is 6.07 Å². The summed E-state index contributed by atoms with van der Waals surface area (Å²) in [5.41, 5.74) is 1.64. The second kappa shape index (κ2) is 6.53. The summed E-state index contributed by atoms with van der Waals surface area (Å²) < 4.78 is 42.3. The number of hydrogen-bond acceptors (Lipinski definition) is 4. The number of halogens is 3. The Labute approximate surface area is 148 Å². The number of hydrogen-bond donors (Lipinski definition) is 2. The monoisotopic (exact) mass is 365 g/mol. The Morgan fingerprint density at radius 2 is 1.85 bits per heavy atom. The van der Waals surface area contributed by atoms with Gasteiger partial charge in [0, 0.05) is 24.0 Å². The molecule has 2 aromatic heterocycles. The van der Waals surface area contributed by atoms with Crippen LogP contribution in [0.2, 0.25) is 0 Å². The smallest absolute Gasteiger partial charge is 0.406 e. The van der Waals surface area contributed by atoms with Gasteiger partial charge < -0.3 is 19.6 Å². The van der Waals surface area contributed by atoms with E-state index in [-0.39, 0.29) is 12.2 Å². The molecule has 0 saturated carbocycles. The van der Waals surface area contributed by atoms with Gasteiger partial charge in [0.05, 0.1) is 5.69 Å². The van der Waals surface area contributed by atoms with Crippen LogP contribution in [0, 0.1) is 6.92 Å². The molecule has 138 valence electrons. The number of ether oxygens (including phenoxy) is 1. The molecule has 2 N–H and O–H groups in total. The fourth-order valence-corrected chi connectivity index (χ4v) is 2.78. The van der Waals surface area contributed by atoms with Crippen molar-refractivity contribution in [3.05, 3.63) is 60.0 Å². The third-order valence-electron chi connectivity index (χ3n) is 3.72. The van der Waals surface area contributed by atoms with Gasteiger partial charge in [0.15, 0.2) is 0 Å². The highest BCUT2D eigenvalue weighted by Crippen LogP contribution is 2.25. The van der Waals surface area contributed by atoms with Crippen LogP contribution in [-0.2, 0) is 6.42 Å². The molecule has 0 aliphatic carbocycles. The molecule has 0 aliphatic rings. The van der Waals surface area contributed by atoms with Crippen molar-refractivity contribution in [1.82, 2.24) is 9.38 Å². The Morgan fingerprint density at radius 3 is 2.50 bits per heavy atom. The molecule has 26 heavy (non-hydrogen) atoms. The lowest BCUT2D eigenvalue weighted by Gasteiger charge is -2.26. The van der Waals surface area contributed by atoms with Crippen molar-refractivity contribution >= 4 is 11.3 Å². The zero-order valence-corrected chi connectivity index (χ0v) is 14.2. The zero-order valence-electron chi connectivity index (χ0n) is 14.2. The first-order valence-corrected chi connectivity index (χ1v) is 7.91. The van der Waals surface area contributed by atoms with Crippen LogP contribution in [0.4, 0.5) is 18.9 Å². The van der Waals surface area contributed by atoms with E-state index >= 15 is 0 Å². The van der Waals surface area contributed by atoms with Crippen LogP contribution in [-0.4, -0.2) is 26.6 Å². The number of pyridine rings is 1. The Kier molecular flexibility index (Phi) is 4.53. The van der Waals surface area contributed by atoms with Crippen molar-refractivity contribution in [1.29, 1.82) is 0 Å². The van der Waals surface area contributed by atoms with E-state index in [4.69, 9.17) is 0 Å². The van der Waals surface area contributed by atoms with Crippen molar-refractivity contribution in [3.63, 3.8) is 0 Å². The number of aryl methyl sites for hydroxylation is 1. The molecule has 0 fully saturated rings. The average molecular weight is 365 g/mol. The van der Waals surface area contributed by atoms with Gasteiger partial charge >= 0.3 is 6.36 Å². The molecule has 0 radical (unpaired) electrons. The number of rotatable bonds is 5. The maximum absolute atomic E-state index is 12.2. The van der Waals surface area contributed by atoms with Crippen molar-refractivity contribution < 1.29 is 23.0 Å². The van der Waals surface area contributed by atoms with Crippen molar-refractivity contribution in [2.45, 2.75) is 32.4 Å². The number of benzene rings is 1. The second-order valence-corrected chi connectivity index (χ2v) is 6.28. The Bertz CT molecular complexity index is 902. The molecular weight excluding hydrogens is 347 g/mol. The SMILES string of the molecule is Cc1cn2c(CC(C)(O)Nc3ccc(OC(F)(F)F)cc3)cccc2n1. The second-order valence-electron chi connectivity index (χ2n) is 6.28. The quantitative estimate of drug-likeness (QED) is 0.673. The number of aliphatic hydroxyl groups is 1. The van der Waals surface area contributed by atoms with Gasteiger partial charge in [0.25, 0.3) is 0 Å². The van der Waals surface area contributed by atoms with Gasteiger partial charge in [0.2, 0.25) is 0 Å². The standard InChI is InChI=1S/C18H18F3N3O2/c1-12-11-24-14(4-3-5-16(24)22-12)10-17(2,25)23-13-6-8-15(9-7-13)26-18(19,20)21/h3-9,11,23,25H,10H2,1-2H3. The first-order valence-electron chi connectivity index (χ1n) is 7.91. The summed E-state index contributed by atoms with van der Waals surface area (Å²) >= 11 is 0. The number of nitrogens with one attached hydrogen (secondary N) is 1. The molecule has 3 aromatic rings. The molecule has 0 aliphatic heterocycles. The van der Waals surface area contributed by atoms with Gasteiger partial charge in [0.1, 0.15) is 17.1 Å². The normalized spacial score (nSPS) is 14.2. The summed E-state index contributed by atoms with van der Waals surface area (Å²) in [6, 6.07) is 10.8. The van der Waals surface area contributed by atoms with Crippen LogP contribution >= 0.6 is 0 Å². The van der Waals surface area contributed by atoms with E-state index in [1.165, 1.54) is 24.3 Å². The third-order valence-corrected chi connectivity index (χ3v) is 3.72. The molecule has 2 heterocycles. The largest absolute Gasteiger partial charge is 0.573 e. The summed E-state index contributed by atoms with van der Waals surface area (Å²) in [5.74, 6) is -0.318. The maximum atomic E-state index is 12.2. The van der Waals surface area contributed by atoms with Crippen LogP contribution in [0.15, 0.2) is 48.7 Å².